The maximum absolute atomic E-state index is 12.5. The van der Waals surface area contributed by atoms with Gasteiger partial charge in [0.25, 0.3) is 0 Å². The van der Waals surface area contributed by atoms with Crippen LogP contribution in [0.5, 0.6) is 0 Å². The molecule has 1 saturated heterocycles. The highest BCUT2D eigenvalue weighted by atomic mass is 16.2. The predicted molar refractivity (Wildman–Crippen MR) is 82.5 cm³/mol. The molecule has 1 unspecified atom stereocenters. The summed E-state index contributed by atoms with van der Waals surface area (Å²) in [7, 11) is 0. The molecule has 4 heteroatoms. The van der Waals surface area contributed by atoms with Crippen molar-refractivity contribution in [3.05, 3.63) is 0 Å². The number of amides is 1. The largest absolute Gasteiger partial charge is 0.325 e. The Morgan fingerprint density at radius 3 is 2.50 bits per heavy atom. The van der Waals surface area contributed by atoms with Crippen LogP contribution in [0, 0.1) is 5.92 Å². The van der Waals surface area contributed by atoms with Gasteiger partial charge in [0.2, 0.25) is 5.91 Å². The molecule has 1 saturated carbocycles. The lowest BCUT2D eigenvalue weighted by molar-refractivity contribution is -0.131. The normalized spacial score (nSPS) is 24.4. The van der Waals surface area contributed by atoms with E-state index in [0.29, 0.717) is 11.8 Å². The van der Waals surface area contributed by atoms with Gasteiger partial charge < -0.3 is 9.80 Å². The van der Waals surface area contributed by atoms with Crippen molar-refractivity contribution in [3.8, 4) is 0 Å². The van der Waals surface area contributed by atoms with Crippen LogP contribution in [0.3, 0.4) is 0 Å². The molecule has 1 heterocycles. The van der Waals surface area contributed by atoms with E-state index in [2.05, 4.69) is 42.8 Å². The topological polar surface area (TPSA) is 35.6 Å². The van der Waals surface area contributed by atoms with Gasteiger partial charge in [-0.25, -0.2) is 0 Å². The molecule has 2 aliphatic rings. The summed E-state index contributed by atoms with van der Waals surface area (Å²) in [4.78, 5) is 17.1. The highest BCUT2D eigenvalue weighted by Crippen LogP contribution is 2.43. The molecule has 116 valence electrons. The predicted octanol–water partition coefficient (Wildman–Crippen LogP) is 2.05. The molecule has 0 bridgehead atoms. The number of nitrogens with one attached hydrogen (secondary N) is 1. The molecule has 1 spiro atoms. The number of carbonyl (C=O) groups is 1. The van der Waals surface area contributed by atoms with Crippen molar-refractivity contribution in [2.75, 3.05) is 26.2 Å². The molecule has 2 fully saturated rings. The molecular weight excluding hydrogens is 250 g/mol. The van der Waals surface area contributed by atoms with E-state index in [0.717, 1.165) is 51.9 Å². The summed E-state index contributed by atoms with van der Waals surface area (Å²) in [6, 6.07) is 0. The molecular formula is C16H31N3O. The lowest BCUT2D eigenvalue weighted by Gasteiger charge is -2.27. The van der Waals surface area contributed by atoms with E-state index >= 15 is 0 Å². The van der Waals surface area contributed by atoms with Crippen molar-refractivity contribution < 1.29 is 4.79 Å². The van der Waals surface area contributed by atoms with Gasteiger partial charge in [-0.3, -0.25) is 10.1 Å². The average Bonchev–Trinajstić information content (AvgIpc) is 3.13. The maximum atomic E-state index is 12.5. The van der Waals surface area contributed by atoms with Gasteiger partial charge in [-0.1, -0.05) is 27.7 Å². The van der Waals surface area contributed by atoms with Crippen molar-refractivity contribution in [3.63, 3.8) is 0 Å². The molecule has 1 atom stereocenters. The molecule has 1 aliphatic carbocycles. The van der Waals surface area contributed by atoms with Gasteiger partial charge in [-0.15, -0.1) is 0 Å². The van der Waals surface area contributed by atoms with E-state index in [1.807, 2.05) is 0 Å². The minimum atomic E-state index is -0.158. The standard InChI is InChI=1S/C16H31N3O/c1-5-18(6-2)10-7-11-19-14(12-13(3)4)17-16(8-9-16)15(19)20/h13-14,17H,5-12H2,1-4H3. The van der Waals surface area contributed by atoms with Gasteiger partial charge in [-0.2, -0.15) is 0 Å². The fourth-order valence-corrected chi connectivity index (χ4v) is 3.25. The minimum absolute atomic E-state index is 0.158. The Morgan fingerprint density at radius 1 is 1.35 bits per heavy atom. The summed E-state index contributed by atoms with van der Waals surface area (Å²) < 4.78 is 0. The summed E-state index contributed by atoms with van der Waals surface area (Å²) in [6.45, 7) is 13.1. The summed E-state index contributed by atoms with van der Waals surface area (Å²) in [5.74, 6) is 0.988. The number of carbonyl (C=O) groups excluding carboxylic acids is 1. The van der Waals surface area contributed by atoms with Crippen molar-refractivity contribution in [1.82, 2.24) is 15.1 Å². The Hall–Kier alpha value is -0.610. The summed E-state index contributed by atoms with van der Waals surface area (Å²) in [5.41, 5.74) is -0.158. The third-order valence-electron chi connectivity index (χ3n) is 4.70. The first-order chi connectivity index (χ1) is 9.52. The van der Waals surface area contributed by atoms with Crippen LogP contribution in [0.25, 0.3) is 0 Å². The van der Waals surface area contributed by atoms with E-state index < -0.39 is 0 Å². The van der Waals surface area contributed by atoms with Crippen LogP contribution in [-0.4, -0.2) is 53.6 Å². The lowest BCUT2D eigenvalue weighted by Crippen LogP contribution is -2.40. The fraction of sp³-hybridized carbons (Fsp3) is 0.938. The molecule has 1 aliphatic heterocycles. The Balaban J connectivity index is 1.87. The lowest BCUT2D eigenvalue weighted by atomic mass is 10.1. The molecule has 0 aromatic heterocycles. The van der Waals surface area contributed by atoms with E-state index in [1.54, 1.807) is 0 Å². The van der Waals surface area contributed by atoms with E-state index in [4.69, 9.17) is 0 Å². The number of nitrogens with zero attached hydrogens (tertiary/aromatic N) is 2. The molecule has 1 N–H and O–H groups in total. The second-order valence-electron chi connectivity index (χ2n) is 6.75. The van der Waals surface area contributed by atoms with Crippen molar-refractivity contribution in [2.45, 2.75) is 65.1 Å². The smallest absolute Gasteiger partial charge is 0.244 e. The monoisotopic (exact) mass is 281 g/mol. The first-order valence-corrected chi connectivity index (χ1v) is 8.33. The zero-order chi connectivity index (χ0) is 14.8. The van der Waals surface area contributed by atoms with E-state index in [1.165, 1.54) is 0 Å². The first-order valence-electron chi connectivity index (χ1n) is 8.33. The maximum Gasteiger partial charge on any atom is 0.244 e. The zero-order valence-corrected chi connectivity index (χ0v) is 13.6. The number of rotatable bonds is 8. The molecule has 0 aromatic rings. The van der Waals surface area contributed by atoms with E-state index in [-0.39, 0.29) is 11.7 Å². The van der Waals surface area contributed by atoms with Crippen molar-refractivity contribution in [1.29, 1.82) is 0 Å². The molecule has 2 rings (SSSR count). The van der Waals surface area contributed by atoms with Gasteiger partial charge in [-0.05, 0) is 51.2 Å². The quantitative estimate of drug-likeness (QED) is 0.740. The fourth-order valence-electron chi connectivity index (χ4n) is 3.25. The molecule has 20 heavy (non-hydrogen) atoms. The van der Waals surface area contributed by atoms with Gasteiger partial charge in [0, 0.05) is 6.54 Å². The molecule has 0 aromatic carbocycles. The van der Waals surface area contributed by atoms with Crippen LogP contribution >= 0.6 is 0 Å². The van der Waals surface area contributed by atoms with Gasteiger partial charge in [0.05, 0.1) is 11.7 Å². The second-order valence-corrected chi connectivity index (χ2v) is 6.75. The average molecular weight is 281 g/mol. The van der Waals surface area contributed by atoms with Crippen LogP contribution in [0.4, 0.5) is 0 Å². The third-order valence-corrected chi connectivity index (χ3v) is 4.70. The van der Waals surface area contributed by atoms with Gasteiger partial charge in [0.15, 0.2) is 0 Å². The third kappa shape index (κ3) is 3.34. The Kier molecular flexibility index (Phi) is 5.08. The molecule has 0 radical (unpaired) electrons. The van der Waals surface area contributed by atoms with Crippen LogP contribution in [0.2, 0.25) is 0 Å². The molecule has 4 nitrogen and oxygen atoms in total. The summed E-state index contributed by atoms with van der Waals surface area (Å²) >= 11 is 0. The SMILES string of the molecule is CCN(CC)CCCN1C(=O)C2(CC2)NC1CC(C)C. The van der Waals surface area contributed by atoms with Crippen LogP contribution < -0.4 is 5.32 Å². The van der Waals surface area contributed by atoms with E-state index in [9.17, 15) is 4.79 Å². The first kappa shape index (κ1) is 15.8. The highest BCUT2D eigenvalue weighted by Gasteiger charge is 2.58. The van der Waals surface area contributed by atoms with Gasteiger partial charge >= 0.3 is 0 Å². The van der Waals surface area contributed by atoms with Crippen LogP contribution in [-0.2, 0) is 4.79 Å². The minimum Gasteiger partial charge on any atom is -0.325 e. The highest BCUT2D eigenvalue weighted by molar-refractivity contribution is 5.91. The Labute approximate surface area is 123 Å². The summed E-state index contributed by atoms with van der Waals surface area (Å²) in [6.07, 6.45) is 4.49. The Bertz CT molecular complexity index is 335. The summed E-state index contributed by atoms with van der Waals surface area (Å²) in [5, 5.41) is 3.60. The zero-order valence-electron chi connectivity index (χ0n) is 13.6. The number of hydrogen-bond acceptors (Lipinski definition) is 3. The van der Waals surface area contributed by atoms with Crippen molar-refractivity contribution in [2.24, 2.45) is 5.92 Å². The van der Waals surface area contributed by atoms with Crippen molar-refractivity contribution >= 4 is 5.91 Å². The second kappa shape index (κ2) is 6.44. The number of hydrogen-bond donors (Lipinski definition) is 1. The van der Waals surface area contributed by atoms with Crippen LogP contribution in [0.1, 0.15) is 53.4 Å². The van der Waals surface area contributed by atoms with Gasteiger partial charge in [0.1, 0.15) is 0 Å². The van der Waals surface area contributed by atoms with Crippen LogP contribution in [0.15, 0.2) is 0 Å². The Morgan fingerprint density at radius 2 is 2.00 bits per heavy atom. The molecule has 1 amide bonds.